The zero-order chi connectivity index (χ0) is 14.6. The molecule has 0 aromatic rings. The van der Waals surface area contributed by atoms with Crippen molar-refractivity contribution in [3.05, 3.63) is 23.3 Å². The van der Waals surface area contributed by atoms with E-state index in [1.54, 1.807) is 11.1 Å². The highest BCUT2D eigenvalue weighted by Gasteiger charge is 2.64. The second-order valence-electron chi connectivity index (χ2n) is 5.84. The Labute approximate surface area is 123 Å². The Balaban J connectivity index is 3.17. The van der Waals surface area contributed by atoms with E-state index in [1.165, 1.54) is 19.3 Å². The molecule has 0 spiro atoms. The SMILES string of the molecule is CC=C(C)C1C(C(C)=CC)C1(CC)S(C)=CCCC. The molecule has 3 unspecified atom stereocenters. The van der Waals surface area contributed by atoms with Crippen molar-refractivity contribution in [2.45, 2.75) is 65.6 Å². The molecule has 0 bridgehead atoms. The summed E-state index contributed by atoms with van der Waals surface area (Å²) in [6, 6.07) is 0. The summed E-state index contributed by atoms with van der Waals surface area (Å²) < 4.78 is 0.516. The van der Waals surface area contributed by atoms with Crippen molar-refractivity contribution < 1.29 is 0 Å². The van der Waals surface area contributed by atoms with Crippen molar-refractivity contribution in [1.29, 1.82) is 0 Å². The predicted molar refractivity (Wildman–Crippen MR) is 93.4 cm³/mol. The molecule has 0 nitrogen and oxygen atoms in total. The lowest BCUT2D eigenvalue weighted by Crippen LogP contribution is -2.11. The maximum atomic E-state index is 2.60. The molecule has 0 N–H and O–H groups in total. The third kappa shape index (κ3) is 2.91. The third-order valence-corrected chi connectivity index (χ3v) is 7.71. The van der Waals surface area contributed by atoms with Gasteiger partial charge in [-0.25, -0.2) is 0 Å². The van der Waals surface area contributed by atoms with Crippen molar-refractivity contribution in [1.82, 2.24) is 0 Å². The number of hydrogen-bond donors (Lipinski definition) is 0. The molecule has 0 aliphatic heterocycles. The van der Waals surface area contributed by atoms with Crippen molar-refractivity contribution in [3.63, 3.8) is 0 Å². The van der Waals surface area contributed by atoms with E-state index < -0.39 is 0 Å². The first-order chi connectivity index (χ1) is 9.00. The van der Waals surface area contributed by atoms with Gasteiger partial charge >= 0.3 is 0 Å². The van der Waals surface area contributed by atoms with E-state index in [4.69, 9.17) is 0 Å². The third-order valence-electron chi connectivity index (χ3n) is 4.98. The van der Waals surface area contributed by atoms with E-state index in [-0.39, 0.29) is 0 Å². The highest BCUT2D eigenvalue weighted by atomic mass is 32.2. The fraction of sp³-hybridized carbons (Fsp3) is 0.722. The summed E-state index contributed by atoms with van der Waals surface area (Å²) in [7, 11) is 0.420. The van der Waals surface area contributed by atoms with Crippen LogP contribution in [-0.2, 0) is 0 Å². The predicted octanol–water partition coefficient (Wildman–Crippen LogP) is 5.81. The molecule has 110 valence electrons. The van der Waals surface area contributed by atoms with Crippen LogP contribution in [0.3, 0.4) is 0 Å². The van der Waals surface area contributed by atoms with Gasteiger partial charge < -0.3 is 0 Å². The molecule has 1 heteroatoms. The minimum absolute atomic E-state index is 0.420. The largest absolute Gasteiger partial charge is 0.185 e. The van der Waals surface area contributed by atoms with Gasteiger partial charge in [-0.3, -0.25) is 0 Å². The van der Waals surface area contributed by atoms with Crippen LogP contribution < -0.4 is 0 Å². The number of rotatable bonds is 6. The second kappa shape index (κ2) is 6.92. The zero-order valence-corrected chi connectivity index (χ0v) is 14.7. The fourth-order valence-corrected chi connectivity index (χ4v) is 6.32. The van der Waals surface area contributed by atoms with E-state index in [0.29, 0.717) is 15.2 Å². The monoisotopic (exact) mass is 280 g/mol. The van der Waals surface area contributed by atoms with Gasteiger partial charge in [0.25, 0.3) is 0 Å². The molecule has 0 aromatic heterocycles. The van der Waals surface area contributed by atoms with Crippen LogP contribution in [0, 0.1) is 11.8 Å². The van der Waals surface area contributed by atoms with Gasteiger partial charge in [-0.2, -0.15) is 10.5 Å². The molecule has 19 heavy (non-hydrogen) atoms. The molecule has 1 aliphatic carbocycles. The molecule has 1 aliphatic rings. The summed E-state index contributed by atoms with van der Waals surface area (Å²) in [5.74, 6) is 1.56. The molecule has 0 saturated heterocycles. The van der Waals surface area contributed by atoms with E-state index >= 15 is 0 Å². The van der Waals surface area contributed by atoms with Gasteiger partial charge in [0.05, 0.1) is 0 Å². The average molecular weight is 281 g/mol. The van der Waals surface area contributed by atoms with Gasteiger partial charge in [0, 0.05) is 16.6 Å². The number of allylic oxidation sites excluding steroid dienone is 4. The molecule has 0 radical (unpaired) electrons. The molecule has 1 rings (SSSR count). The average Bonchev–Trinajstić information content (AvgIpc) is 3.13. The van der Waals surface area contributed by atoms with Crippen LogP contribution in [0.4, 0.5) is 0 Å². The fourth-order valence-electron chi connectivity index (χ4n) is 3.59. The number of hydrogen-bond acceptors (Lipinski definition) is 0. The molecule has 3 atom stereocenters. The summed E-state index contributed by atoms with van der Waals surface area (Å²) in [5, 5.41) is 2.60. The van der Waals surface area contributed by atoms with Gasteiger partial charge in [0.2, 0.25) is 0 Å². The Kier molecular flexibility index (Phi) is 6.11. The van der Waals surface area contributed by atoms with Crippen LogP contribution >= 0.6 is 10.5 Å². The van der Waals surface area contributed by atoms with E-state index in [9.17, 15) is 0 Å². The van der Waals surface area contributed by atoms with Gasteiger partial charge in [-0.15, -0.1) is 0 Å². The second-order valence-corrected chi connectivity index (χ2v) is 8.05. The molecule has 1 fully saturated rings. The first-order valence-corrected chi connectivity index (χ1v) is 9.44. The Morgan fingerprint density at radius 3 is 1.84 bits per heavy atom. The Morgan fingerprint density at radius 2 is 1.53 bits per heavy atom. The van der Waals surface area contributed by atoms with Crippen molar-refractivity contribution in [2.24, 2.45) is 11.8 Å². The molecule has 0 amide bonds. The van der Waals surface area contributed by atoms with E-state index in [2.05, 4.69) is 65.3 Å². The summed E-state index contributed by atoms with van der Waals surface area (Å²) in [5.41, 5.74) is 3.19. The lowest BCUT2D eigenvalue weighted by Gasteiger charge is -2.20. The van der Waals surface area contributed by atoms with Crippen molar-refractivity contribution >= 4 is 15.9 Å². The first kappa shape index (κ1) is 16.8. The normalized spacial score (nSPS) is 33.6. The van der Waals surface area contributed by atoms with Gasteiger partial charge in [0.1, 0.15) is 0 Å². The van der Waals surface area contributed by atoms with Crippen LogP contribution in [0.25, 0.3) is 0 Å². The maximum absolute atomic E-state index is 2.60. The van der Waals surface area contributed by atoms with Gasteiger partial charge in [0.15, 0.2) is 0 Å². The quantitative estimate of drug-likeness (QED) is 0.425. The minimum atomic E-state index is 0.420. The van der Waals surface area contributed by atoms with Crippen molar-refractivity contribution in [3.8, 4) is 0 Å². The van der Waals surface area contributed by atoms with Crippen LogP contribution in [0.1, 0.15) is 60.8 Å². The maximum Gasteiger partial charge on any atom is 0.0245 e. The summed E-state index contributed by atoms with van der Waals surface area (Å²) in [4.78, 5) is 0. The molecule has 1 saturated carbocycles. The van der Waals surface area contributed by atoms with Crippen LogP contribution in [-0.4, -0.2) is 16.4 Å². The Hall–Kier alpha value is -0.300. The summed E-state index contributed by atoms with van der Waals surface area (Å²) in [6.45, 7) is 13.7. The van der Waals surface area contributed by atoms with Gasteiger partial charge in [-0.05, 0) is 46.8 Å². The molecular formula is C18H32S. The minimum Gasteiger partial charge on any atom is -0.185 e. The summed E-state index contributed by atoms with van der Waals surface area (Å²) in [6.07, 6.45) is 11.0. The Bertz CT molecular complexity index is 374. The van der Waals surface area contributed by atoms with Crippen LogP contribution in [0.2, 0.25) is 0 Å². The van der Waals surface area contributed by atoms with Gasteiger partial charge in [-0.1, -0.05) is 48.9 Å². The zero-order valence-electron chi connectivity index (χ0n) is 13.9. The Morgan fingerprint density at radius 1 is 1.05 bits per heavy atom. The smallest absolute Gasteiger partial charge is 0.0245 e. The highest BCUT2D eigenvalue weighted by Crippen LogP contribution is 2.68. The lowest BCUT2D eigenvalue weighted by atomic mass is 10.1. The lowest BCUT2D eigenvalue weighted by molar-refractivity contribution is 0.772. The standard InChI is InChI=1S/C18H32S/c1-8-12-13-19(7)18(11-4)16(14(5)9-2)17(18)15(6)10-3/h9-10,13,16-17H,8,11-12H2,1-7H3. The molecular weight excluding hydrogens is 248 g/mol. The topological polar surface area (TPSA) is 0 Å². The van der Waals surface area contributed by atoms with Crippen molar-refractivity contribution in [2.75, 3.05) is 6.26 Å². The molecule has 0 aromatic carbocycles. The molecule has 0 heterocycles. The van der Waals surface area contributed by atoms with Crippen LogP contribution in [0.5, 0.6) is 0 Å². The summed E-state index contributed by atoms with van der Waals surface area (Å²) >= 11 is 0. The highest BCUT2D eigenvalue weighted by molar-refractivity contribution is 8.15. The first-order valence-electron chi connectivity index (χ1n) is 7.74. The number of unbranched alkanes of at least 4 members (excludes halogenated alkanes) is 1. The van der Waals surface area contributed by atoms with E-state index in [1.807, 2.05) is 0 Å². The van der Waals surface area contributed by atoms with Crippen LogP contribution in [0.15, 0.2) is 23.3 Å². The van der Waals surface area contributed by atoms with E-state index in [0.717, 1.165) is 11.8 Å².